The van der Waals surface area contributed by atoms with E-state index < -0.39 is 44.8 Å². The molecule has 86 valence electrons. The third kappa shape index (κ3) is 18.1. The Morgan fingerprint density at radius 2 is 1.38 bits per heavy atom. The van der Waals surface area contributed by atoms with Crippen LogP contribution in [0.15, 0.2) is 0 Å². The summed E-state index contributed by atoms with van der Waals surface area (Å²) in [6.07, 6.45) is 0. The fourth-order valence-electron chi connectivity index (χ4n) is 0.550. The van der Waals surface area contributed by atoms with Crippen LogP contribution in [-0.4, -0.2) is 60.8 Å². The molecule has 0 radical (unpaired) electrons. The van der Waals surface area contributed by atoms with Gasteiger partial charge in [0, 0.05) is 13.1 Å². The minimum Gasteiger partial charge on any atom is -0.748 e. The SMILES string of the molecule is O=S(=O)([O-])CCN(O)CCS(=O)(=O)O.[Na+].[Na+]. The van der Waals surface area contributed by atoms with Gasteiger partial charge < -0.3 is 9.76 Å². The molecule has 0 spiro atoms. The molecule has 0 atom stereocenters. The van der Waals surface area contributed by atoms with Crippen LogP contribution in [0.3, 0.4) is 0 Å². The van der Waals surface area contributed by atoms with E-state index in [2.05, 4.69) is 0 Å². The van der Waals surface area contributed by atoms with E-state index in [-0.39, 0.29) is 59.1 Å². The average Bonchev–Trinajstić information content (AvgIpc) is 1.94. The van der Waals surface area contributed by atoms with Gasteiger partial charge in [-0.1, -0.05) is 0 Å². The predicted molar refractivity (Wildman–Crippen MR) is 44.3 cm³/mol. The molecule has 8 nitrogen and oxygen atoms in total. The molecule has 0 aliphatic rings. The zero-order chi connectivity index (χ0) is 11.4. The second-order valence-electron chi connectivity index (χ2n) is 2.50. The third-order valence-electron chi connectivity index (χ3n) is 1.21. The first kappa shape index (κ1) is 22.9. The largest absolute Gasteiger partial charge is 1.00 e. The van der Waals surface area contributed by atoms with Crippen LogP contribution in [0.25, 0.3) is 0 Å². The van der Waals surface area contributed by atoms with E-state index in [4.69, 9.17) is 9.76 Å². The quantitative estimate of drug-likeness (QED) is 0.280. The zero-order valence-electron chi connectivity index (χ0n) is 9.03. The van der Waals surface area contributed by atoms with Gasteiger partial charge in [0.25, 0.3) is 10.1 Å². The first-order chi connectivity index (χ1) is 6.10. The molecule has 0 aliphatic carbocycles. The Balaban J connectivity index is -0.000000845. The van der Waals surface area contributed by atoms with Crippen molar-refractivity contribution in [1.82, 2.24) is 5.06 Å². The van der Waals surface area contributed by atoms with Crippen LogP contribution >= 0.6 is 0 Å². The maximum Gasteiger partial charge on any atom is 1.00 e. The molecule has 0 heterocycles. The van der Waals surface area contributed by atoms with Crippen molar-refractivity contribution in [3.63, 3.8) is 0 Å². The van der Waals surface area contributed by atoms with Crippen molar-refractivity contribution in [2.24, 2.45) is 0 Å². The van der Waals surface area contributed by atoms with Crippen molar-refractivity contribution in [2.45, 2.75) is 0 Å². The smallest absolute Gasteiger partial charge is 0.748 e. The second kappa shape index (κ2) is 9.64. The van der Waals surface area contributed by atoms with Gasteiger partial charge in [-0.2, -0.15) is 13.5 Å². The van der Waals surface area contributed by atoms with Crippen molar-refractivity contribution in [1.29, 1.82) is 0 Å². The van der Waals surface area contributed by atoms with E-state index >= 15 is 0 Å². The summed E-state index contributed by atoms with van der Waals surface area (Å²) in [5.74, 6) is -1.56. The molecule has 12 heteroatoms. The number of hydroxylamine groups is 2. The Kier molecular flexibility index (Phi) is 13.8. The molecular weight excluding hydrogens is 284 g/mol. The van der Waals surface area contributed by atoms with Crippen molar-refractivity contribution in [3.05, 3.63) is 0 Å². The fourth-order valence-corrected chi connectivity index (χ4v) is 1.43. The van der Waals surface area contributed by atoms with Crippen LogP contribution in [0, 0.1) is 0 Å². The van der Waals surface area contributed by atoms with Gasteiger partial charge in [0.1, 0.15) is 0 Å². The zero-order valence-corrected chi connectivity index (χ0v) is 14.7. The molecule has 0 saturated carbocycles. The Morgan fingerprint density at radius 3 is 1.69 bits per heavy atom. The Labute approximate surface area is 138 Å². The molecule has 0 saturated heterocycles. The number of rotatable bonds is 6. The average molecular weight is 294 g/mol. The molecule has 0 fully saturated rings. The molecule has 2 N–H and O–H groups in total. The van der Waals surface area contributed by atoms with Gasteiger partial charge in [-0.15, -0.1) is 0 Å². The minimum atomic E-state index is -4.44. The Hall–Kier alpha value is 1.74. The summed E-state index contributed by atoms with van der Waals surface area (Å²) in [4.78, 5) is 0. The summed E-state index contributed by atoms with van der Waals surface area (Å²) in [7, 11) is -8.64. The summed E-state index contributed by atoms with van der Waals surface area (Å²) < 4.78 is 58.8. The van der Waals surface area contributed by atoms with Crippen LogP contribution in [0.1, 0.15) is 0 Å². The van der Waals surface area contributed by atoms with Crippen molar-refractivity contribution in [3.8, 4) is 0 Å². The molecule has 0 bridgehead atoms. The van der Waals surface area contributed by atoms with E-state index in [9.17, 15) is 21.4 Å². The number of hydrogen-bond donors (Lipinski definition) is 2. The number of nitrogens with zero attached hydrogens (tertiary/aromatic N) is 1. The van der Waals surface area contributed by atoms with Crippen LogP contribution in [0.2, 0.25) is 0 Å². The van der Waals surface area contributed by atoms with Crippen molar-refractivity contribution < 1.29 is 90.3 Å². The first-order valence-electron chi connectivity index (χ1n) is 3.43. The summed E-state index contributed by atoms with van der Waals surface area (Å²) in [6, 6.07) is 0. The van der Waals surface area contributed by atoms with Crippen molar-refractivity contribution in [2.75, 3.05) is 24.6 Å². The molecule has 0 unspecified atom stereocenters. The van der Waals surface area contributed by atoms with Gasteiger partial charge in [0.05, 0.1) is 21.6 Å². The van der Waals surface area contributed by atoms with Gasteiger partial charge >= 0.3 is 59.1 Å². The second-order valence-corrected chi connectivity index (χ2v) is 5.60. The topological polar surface area (TPSA) is 135 Å². The molecule has 16 heavy (non-hydrogen) atoms. The maximum atomic E-state index is 10.2. The predicted octanol–water partition coefficient (Wildman–Crippen LogP) is -7.88. The Morgan fingerprint density at radius 1 is 1.00 bits per heavy atom. The van der Waals surface area contributed by atoms with E-state index in [0.29, 0.717) is 5.06 Å². The summed E-state index contributed by atoms with van der Waals surface area (Å²) in [6.45, 7) is -0.963. The van der Waals surface area contributed by atoms with Crippen LogP contribution < -0.4 is 59.1 Å². The van der Waals surface area contributed by atoms with Crippen LogP contribution in [0.4, 0.5) is 0 Å². The summed E-state index contributed by atoms with van der Waals surface area (Å²) in [5, 5.41) is 9.17. The molecule has 0 aromatic rings. The van der Waals surface area contributed by atoms with Crippen LogP contribution in [0.5, 0.6) is 0 Å². The van der Waals surface area contributed by atoms with E-state index in [1.807, 2.05) is 0 Å². The first-order valence-corrected chi connectivity index (χ1v) is 6.61. The summed E-state index contributed by atoms with van der Waals surface area (Å²) >= 11 is 0. The normalized spacial score (nSPS) is 11.8. The van der Waals surface area contributed by atoms with E-state index in [1.54, 1.807) is 0 Å². The van der Waals surface area contributed by atoms with E-state index in [0.717, 1.165) is 0 Å². The molecule has 0 amide bonds. The maximum absolute atomic E-state index is 10.2. The molecule has 0 rings (SSSR count). The number of hydrogen-bond acceptors (Lipinski definition) is 7. The van der Waals surface area contributed by atoms with Gasteiger partial charge in [-0.25, -0.2) is 8.42 Å². The standard InChI is InChI=1S/C4H11NO7S2.2Na/c6-5(1-3-13(7,8)9)2-4-14(10,11)12;;/h6H,1-4H2,(H,7,8,9)(H,10,11,12);;/q;2*+1/p-1. The summed E-state index contributed by atoms with van der Waals surface area (Å²) in [5.41, 5.74) is 0. The fraction of sp³-hybridized carbons (Fsp3) is 1.00. The molecule has 0 aliphatic heterocycles. The van der Waals surface area contributed by atoms with E-state index in [1.165, 1.54) is 0 Å². The molecule has 0 aromatic heterocycles. The molecule has 0 aromatic carbocycles. The minimum absolute atomic E-state index is 0. The third-order valence-corrected chi connectivity index (χ3v) is 2.59. The van der Waals surface area contributed by atoms with Gasteiger partial charge in [-0.05, 0) is 0 Å². The van der Waals surface area contributed by atoms with Crippen molar-refractivity contribution >= 4 is 20.2 Å². The Bertz CT molecular complexity index is 330. The van der Waals surface area contributed by atoms with Gasteiger partial charge in [0.15, 0.2) is 0 Å². The van der Waals surface area contributed by atoms with Gasteiger partial charge in [0.2, 0.25) is 0 Å². The van der Waals surface area contributed by atoms with Gasteiger partial charge in [-0.3, -0.25) is 4.55 Å². The van der Waals surface area contributed by atoms with Crippen LogP contribution in [-0.2, 0) is 20.2 Å². The molecular formula is C4H10NNa2O7S2+. The monoisotopic (exact) mass is 294 g/mol.